The Morgan fingerprint density at radius 3 is 2.46 bits per heavy atom. The predicted molar refractivity (Wildman–Crippen MR) is 55.3 cm³/mol. The highest BCUT2D eigenvalue weighted by atomic mass is 79.9. The summed E-state index contributed by atoms with van der Waals surface area (Å²) in [6.45, 7) is 1.60. The van der Waals surface area contributed by atoms with Crippen molar-refractivity contribution in [3.8, 4) is 0 Å². The number of rotatable bonds is 1. The summed E-state index contributed by atoms with van der Waals surface area (Å²) in [5.41, 5.74) is 0.457. The summed E-state index contributed by atoms with van der Waals surface area (Å²) in [6.07, 6.45) is 0. The Kier molecular flexibility index (Phi) is 3.01. The van der Waals surface area contributed by atoms with Crippen molar-refractivity contribution in [2.45, 2.75) is 11.8 Å². The minimum atomic E-state index is -3.68. The second kappa shape index (κ2) is 3.57. The SMILES string of the molecule is Cc1c(S(N)(=O)=O)ccc(Br)c1Cl. The number of hydrogen-bond acceptors (Lipinski definition) is 2. The van der Waals surface area contributed by atoms with Crippen molar-refractivity contribution in [2.75, 3.05) is 0 Å². The van der Waals surface area contributed by atoms with Gasteiger partial charge in [0.2, 0.25) is 10.0 Å². The molecule has 1 rings (SSSR count). The molecule has 0 spiro atoms. The van der Waals surface area contributed by atoms with Crippen molar-refractivity contribution in [3.05, 3.63) is 27.2 Å². The Morgan fingerprint density at radius 1 is 1.46 bits per heavy atom. The average molecular weight is 285 g/mol. The van der Waals surface area contributed by atoms with Crippen molar-refractivity contribution in [3.63, 3.8) is 0 Å². The average Bonchev–Trinajstić information content (AvgIpc) is 1.98. The molecular weight excluding hydrogens is 278 g/mol. The molecule has 3 nitrogen and oxygen atoms in total. The summed E-state index contributed by atoms with van der Waals surface area (Å²) >= 11 is 9.00. The molecule has 0 aromatic heterocycles. The van der Waals surface area contributed by atoms with Crippen LogP contribution >= 0.6 is 27.5 Å². The molecule has 0 saturated carbocycles. The molecule has 0 heterocycles. The van der Waals surface area contributed by atoms with Gasteiger partial charge < -0.3 is 0 Å². The third-order valence-electron chi connectivity index (χ3n) is 1.60. The Morgan fingerprint density at radius 2 is 2.00 bits per heavy atom. The Labute approximate surface area is 90.1 Å². The van der Waals surface area contributed by atoms with E-state index in [1.54, 1.807) is 13.0 Å². The van der Waals surface area contributed by atoms with Crippen LogP contribution in [0.2, 0.25) is 5.02 Å². The second-order valence-corrected chi connectivity index (χ2v) is 5.29. The summed E-state index contributed by atoms with van der Waals surface area (Å²) in [4.78, 5) is 0.0562. The van der Waals surface area contributed by atoms with Crippen LogP contribution in [0.3, 0.4) is 0 Å². The third kappa shape index (κ3) is 2.22. The molecule has 0 saturated heterocycles. The summed E-state index contributed by atoms with van der Waals surface area (Å²) < 4.78 is 22.7. The van der Waals surface area contributed by atoms with E-state index in [2.05, 4.69) is 15.9 Å². The van der Waals surface area contributed by atoms with Crippen molar-refractivity contribution < 1.29 is 8.42 Å². The smallest absolute Gasteiger partial charge is 0.225 e. The molecule has 72 valence electrons. The first-order chi connectivity index (χ1) is 5.84. The van der Waals surface area contributed by atoms with Crippen LogP contribution in [-0.4, -0.2) is 8.42 Å². The minimum Gasteiger partial charge on any atom is -0.225 e. The standard InChI is InChI=1S/C7H7BrClNO2S/c1-4-6(13(10,11)12)3-2-5(8)7(4)9/h2-3H,1H3,(H2,10,11,12). The van der Waals surface area contributed by atoms with Crippen LogP contribution in [0.25, 0.3) is 0 Å². The lowest BCUT2D eigenvalue weighted by molar-refractivity contribution is 0.597. The van der Waals surface area contributed by atoms with E-state index >= 15 is 0 Å². The zero-order valence-electron chi connectivity index (χ0n) is 6.71. The van der Waals surface area contributed by atoms with Gasteiger partial charge in [0.25, 0.3) is 0 Å². The van der Waals surface area contributed by atoms with Gasteiger partial charge in [-0.15, -0.1) is 0 Å². The number of nitrogens with two attached hydrogens (primary N) is 1. The fourth-order valence-corrected chi connectivity index (χ4v) is 2.38. The van der Waals surface area contributed by atoms with E-state index in [0.29, 0.717) is 15.1 Å². The molecule has 0 aliphatic carbocycles. The van der Waals surface area contributed by atoms with Crippen LogP contribution in [0, 0.1) is 6.92 Å². The lowest BCUT2D eigenvalue weighted by Crippen LogP contribution is -2.13. The maximum Gasteiger partial charge on any atom is 0.238 e. The molecule has 0 atom stereocenters. The minimum absolute atomic E-state index is 0.0562. The van der Waals surface area contributed by atoms with Crippen LogP contribution < -0.4 is 5.14 Å². The molecule has 1 aromatic carbocycles. The second-order valence-electron chi connectivity index (χ2n) is 2.53. The van der Waals surface area contributed by atoms with Gasteiger partial charge in [-0.25, -0.2) is 13.6 Å². The summed E-state index contributed by atoms with van der Waals surface area (Å²) in [5, 5.41) is 5.34. The van der Waals surface area contributed by atoms with E-state index < -0.39 is 10.0 Å². The Hall–Kier alpha value is -0.100. The number of halogens is 2. The summed E-state index contributed by atoms with van der Waals surface area (Å²) in [7, 11) is -3.68. The van der Waals surface area contributed by atoms with Crippen LogP contribution in [-0.2, 0) is 10.0 Å². The highest BCUT2D eigenvalue weighted by Gasteiger charge is 2.14. The van der Waals surface area contributed by atoms with Gasteiger partial charge in [-0.2, -0.15) is 0 Å². The lowest BCUT2D eigenvalue weighted by atomic mass is 10.2. The zero-order valence-corrected chi connectivity index (χ0v) is 9.87. The van der Waals surface area contributed by atoms with Gasteiger partial charge in [0.15, 0.2) is 0 Å². The Bertz CT molecular complexity index is 444. The molecule has 0 amide bonds. The number of primary sulfonamides is 1. The van der Waals surface area contributed by atoms with Crippen molar-refractivity contribution >= 4 is 37.6 Å². The van der Waals surface area contributed by atoms with E-state index in [1.807, 2.05) is 0 Å². The van der Waals surface area contributed by atoms with E-state index in [9.17, 15) is 8.42 Å². The monoisotopic (exact) mass is 283 g/mol. The van der Waals surface area contributed by atoms with Crippen LogP contribution in [0.5, 0.6) is 0 Å². The zero-order chi connectivity index (χ0) is 10.2. The van der Waals surface area contributed by atoms with Gasteiger partial charge in [0, 0.05) is 4.47 Å². The highest BCUT2D eigenvalue weighted by Crippen LogP contribution is 2.29. The quantitative estimate of drug-likeness (QED) is 0.858. The maximum atomic E-state index is 11.0. The molecule has 0 aliphatic heterocycles. The third-order valence-corrected chi connectivity index (χ3v) is 4.03. The van der Waals surface area contributed by atoms with Crippen molar-refractivity contribution in [2.24, 2.45) is 5.14 Å². The van der Waals surface area contributed by atoms with Gasteiger partial charge in [-0.1, -0.05) is 11.6 Å². The molecule has 0 fully saturated rings. The maximum absolute atomic E-state index is 11.0. The molecule has 6 heteroatoms. The molecule has 0 aliphatic rings. The van der Waals surface area contributed by atoms with E-state index in [-0.39, 0.29) is 4.90 Å². The first kappa shape index (κ1) is 11.0. The van der Waals surface area contributed by atoms with Crippen molar-refractivity contribution in [1.29, 1.82) is 0 Å². The summed E-state index contributed by atoms with van der Waals surface area (Å²) in [6, 6.07) is 2.97. The molecule has 0 bridgehead atoms. The number of hydrogen-bond donors (Lipinski definition) is 1. The van der Waals surface area contributed by atoms with Gasteiger partial charge in [-0.3, -0.25) is 0 Å². The fraction of sp³-hybridized carbons (Fsp3) is 0.143. The van der Waals surface area contributed by atoms with Gasteiger partial charge in [-0.05, 0) is 40.5 Å². The normalized spacial score (nSPS) is 11.7. The van der Waals surface area contributed by atoms with Gasteiger partial charge in [0.1, 0.15) is 0 Å². The van der Waals surface area contributed by atoms with Crippen LogP contribution in [0.15, 0.2) is 21.5 Å². The molecule has 0 radical (unpaired) electrons. The van der Waals surface area contributed by atoms with E-state index in [1.165, 1.54) is 6.07 Å². The van der Waals surface area contributed by atoms with Crippen LogP contribution in [0.4, 0.5) is 0 Å². The molecule has 1 aromatic rings. The number of benzene rings is 1. The number of sulfonamides is 1. The lowest BCUT2D eigenvalue weighted by Gasteiger charge is -2.06. The van der Waals surface area contributed by atoms with Gasteiger partial charge in [0.05, 0.1) is 9.92 Å². The highest BCUT2D eigenvalue weighted by molar-refractivity contribution is 9.10. The topological polar surface area (TPSA) is 60.2 Å². The largest absolute Gasteiger partial charge is 0.238 e. The van der Waals surface area contributed by atoms with Crippen LogP contribution in [0.1, 0.15) is 5.56 Å². The van der Waals surface area contributed by atoms with E-state index in [0.717, 1.165) is 0 Å². The molecule has 2 N–H and O–H groups in total. The Balaban J connectivity index is 3.53. The summed E-state index contributed by atoms with van der Waals surface area (Å²) in [5.74, 6) is 0. The van der Waals surface area contributed by atoms with E-state index in [4.69, 9.17) is 16.7 Å². The molecule has 13 heavy (non-hydrogen) atoms. The fourth-order valence-electron chi connectivity index (χ4n) is 0.943. The first-order valence-corrected chi connectivity index (χ1v) is 6.03. The van der Waals surface area contributed by atoms with Crippen molar-refractivity contribution in [1.82, 2.24) is 0 Å². The van der Waals surface area contributed by atoms with Gasteiger partial charge >= 0.3 is 0 Å². The predicted octanol–water partition coefficient (Wildman–Crippen LogP) is 2.06. The first-order valence-electron chi connectivity index (χ1n) is 3.31. The molecular formula is C7H7BrClNO2S. The molecule has 0 unspecified atom stereocenters.